The minimum Gasteiger partial charge on any atom is -0.478 e. The number of nitrogens with zero attached hydrogens (tertiary/aromatic N) is 1. The molecule has 0 aliphatic heterocycles. The van der Waals surface area contributed by atoms with Crippen LogP contribution in [0.25, 0.3) is 0 Å². The summed E-state index contributed by atoms with van der Waals surface area (Å²) in [4.78, 5) is 16.7. The van der Waals surface area contributed by atoms with E-state index >= 15 is 0 Å². The Morgan fingerprint density at radius 1 is 1.50 bits per heavy atom. The number of aliphatic carboxylic acids is 1. The third-order valence-corrected chi connectivity index (χ3v) is 2.00. The molecule has 0 fully saturated rings. The van der Waals surface area contributed by atoms with Crippen LogP contribution in [0.3, 0.4) is 0 Å². The van der Waals surface area contributed by atoms with Crippen LogP contribution in [-0.4, -0.2) is 21.0 Å². The molecule has 0 amide bonds. The Morgan fingerprint density at radius 3 is 2.62 bits per heavy atom. The lowest BCUT2D eigenvalue weighted by molar-refractivity contribution is -0.132. The summed E-state index contributed by atoms with van der Waals surface area (Å²) in [6.45, 7) is 3.77. The molecule has 0 bridgehead atoms. The zero-order chi connectivity index (χ0) is 12.2. The fourth-order valence-corrected chi connectivity index (χ4v) is 1.02. The van der Waals surface area contributed by atoms with Gasteiger partial charge in [0.15, 0.2) is 0 Å². The van der Waals surface area contributed by atoms with E-state index in [9.17, 15) is 4.79 Å². The van der Waals surface area contributed by atoms with Gasteiger partial charge < -0.3 is 10.1 Å². The zero-order valence-electron chi connectivity index (χ0n) is 9.94. The van der Waals surface area contributed by atoms with E-state index in [1.54, 1.807) is 31.7 Å². The summed E-state index contributed by atoms with van der Waals surface area (Å²) >= 11 is 0. The Morgan fingerprint density at radius 2 is 2.25 bits per heavy atom. The molecule has 1 aromatic rings. The number of carbonyl (C=O) groups is 1. The number of rotatable bonds is 5. The highest BCUT2D eigenvalue weighted by Gasteiger charge is 1.96. The Balaban J connectivity index is 0.000000368. The number of hydrogen-bond acceptors (Lipinski definition) is 2. The van der Waals surface area contributed by atoms with Gasteiger partial charge in [0.05, 0.1) is 6.33 Å². The number of allylic oxidation sites excluding steroid dienone is 1. The van der Waals surface area contributed by atoms with E-state index in [1.807, 2.05) is 0 Å². The van der Waals surface area contributed by atoms with E-state index in [0.29, 0.717) is 5.57 Å². The monoisotopic (exact) mass is 224 g/mol. The molecule has 0 aliphatic carbocycles. The summed E-state index contributed by atoms with van der Waals surface area (Å²) in [6.07, 6.45) is 11.2. The van der Waals surface area contributed by atoms with Crippen molar-refractivity contribution in [2.45, 2.75) is 39.5 Å². The van der Waals surface area contributed by atoms with Crippen molar-refractivity contribution in [3.8, 4) is 0 Å². The molecular formula is C12H20N2O2. The van der Waals surface area contributed by atoms with Gasteiger partial charge in [0.2, 0.25) is 0 Å². The topological polar surface area (TPSA) is 66.0 Å². The van der Waals surface area contributed by atoms with Crippen molar-refractivity contribution in [2.75, 3.05) is 0 Å². The van der Waals surface area contributed by atoms with E-state index in [-0.39, 0.29) is 0 Å². The Bertz CT molecular complexity index is 275. The van der Waals surface area contributed by atoms with Gasteiger partial charge in [-0.2, -0.15) is 0 Å². The number of aromatic amines is 1. The second-order valence-electron chi connectivity index (χ2n) is 3.45. The normalized spacial score (nSPS) is 10.5. The van der Waals surface area contributed by atoms with E-state index in [0.717, 1.165) is 12.8 Å². The summed E-state index contributed by atoms with van der Waals surface area (Å²) < 4.78 is 0. The third kappa shape index (κ3) is 8.99. The standard InChI is InChI=1S/C9H16O2.C3H4N2/c1-3-4-5-6-7-8(2)9(10)11;1-2-5-3-4-1/h7H,3-6H2,1-2H3,(H,10,11);1-3H,(H,4,5). The number of imidazole rings is 1. The molecule has 2 N–H and O–H groups in total. The first kappa shape index (κ1) is 14.4. The van der Waals surface area contributed by atoms with Crippen LogP contribution in [0.4, 0.5) is 0 Å². The minimum absolute atomic E-state index is 0.459. The molecule has 0 spiro atoms. The molecule has 1 rings (SSSR count). The predicted molar refractivity (Wildman–Crippen MR) is 64.1 cm³/mol. The van der Waals surface area contributed by atoms with Crippen LogP contribution in [0.2, 0.25) is 0 Å². The smallest absolute Gasteiger partial charge is 0.330 e. The molecule has 0 unspecified atom stereocenters. The Labute approximate surface area is 96.4 Å². The second-order valence-corrected chi connectivity index (χ2v) is 3.45. The Hall–Kier alpha value is -1.58. The average Bonchev–Trinajstić information content (AvgIpc) is 2.82. The maximum atomic E-state index is 10.3. The van der Waals surface area contributed by atoms with Gasteiger partial charge in [0, 0.05) is 18.0 Å². The molecule has 1 aromatic heterocycles. The molecule has 0 saturated heterocycles. The van der Waals surface area contributed by atoms with Crippen molar-refractivity contribution in [1.29, 1.82) is 0 Å². The van der Waals surface area contributed by atoms with Gasteiger partial charge in [-0.25, -0.2) is 9.78 Å². The lowest BCUT2D eigenvalue weighted by Gasteiger charge is -1.93. The number of aromatic nitrogens is 2. The van der Waals surface area contributed by atoms with Gasteiger partial charge in [-0.3, -0.25) is 0 Å². The summed E-state index contributed by atoms with van der Waals surface area (Å²) in [5, 5.41) is 8.47. The van der Waals surface area contributed by atoms with E-state index in [1.165, 1.54) is 12.8 Å². The van der Waals surface area contributed by atoms with Gasteiger partial charge in [-0.05, 0) is 19.8 Å². The van der Waals surface area contributed by atoms with Gasteiger partial charge >= 0.3 is 5.97 Å². The fourth-order valence-electron chi connectivity index (χ4n) is 1.02. The number of carboxylic acids is 1. The van der Waals surface area contributed by atoms with E-state index < -0.39 is 5.97 Å². The quantitative estimate of drug-likeness (QED) is 0.596. The molecule has 4 nitrogen and oxygen atoms in total. The summed E-state index contributed by atoms with van der Waals surface area (Å²) in [5.41, 5.74) is 0.459. The maximum absolute atomic E-state index is 10.3. The molecule has 16 heavy (non-hydrogen) atoms. The first-order valence-electron chi connectivity index (χ1n) is 5.51. The number of nitrogens with one attached hydrogen (secondary N) is 1. The molecule has 90 valence electrons. The molecule has 0 aromatic carbocycles. The lowest BCUT2D eigenvalue weighted by atomic mass is 10.1. The first-order chi connectivity index (χ1) is 7.68. The van der Waals surface area contributed by atoms with Crippen LogP contribution < -0.4 is 0 Å². The van der Waals surface area contributed by atoms with Gasteiger partial charge in [-0.15, -0.1) is 0 Å². The van der Waals surface area contributed by atoms with Crippen molar-refractivity contribution < 1.29 is 9.90 Å². The SMILES string of the molecule is CCCCCC=C(C)C(=O)O.c1c[nH]cn1. The van der Waals surface area contributed by atoms with Gasteiger partial charge in [0.25, 0.3) is 0 Å². The highest BCUT2D eigenvalue weighted by Crippen LogP contribution is 2.02. The van der Waals surface area contributed by atoms with Crippen LogP contribution >= 0.6 is 0 Å². The minimum atomic E-state index is -0.804. The highest BCUT2D eigenvalue weighted by molar-refractivity contribution is 5.85. The van der Waals surface area contributed by atoms with Crippen LogP contribution in [0.1, 0.15) is 39.5 Å². The van der Waals surface area contributed by atoms with E-state index in [4.69, 9.17) is 5.11 Å². The first-order valence-corrected chi connectivity index (χ1v) is 5.51. The van der Waals surface area contributed by atoms with Crippen molar-refractivity contribution in [3.63, 3.8) is 0 Å². The molecule has 0 radical (unpaired) electrons. The van der Waals surface area contributed by atoms with Crippen LogP contribution in [0.5, 0.6) is 0 Å². The number of unbranched alkanes of at least 4 members (excludes halogenated alkanes) is 3. The summed E-state index contributed by atoms with van der Waals surface area (Å²) in [5.74, 6) is -0.804. The van der Waals surface area contributed by atoms with Crippen molar-refractivity contribution in [2.24, 2.45) is 0 Å². The number of hydrogen-bond donors (Lipinski definition) is 2. The van der Waals surface area contributed by atoms with Crippen LogP contribution in [0.15, 0.2) is 30.4 Å². The van der Waals surface area contributed by atoms with E-state index in [2.05, 4.69) is 16.9 Å². The summed E-state index contributed by atoms with van der Waals surface area (Å²) in [6, 6.07) is 0. The van der Waals surface area contributed by atoms with Crippen molar-refractivity contribution in [1.82, 2.24) is 9.97 Å². The van der Waals surface area contributed by atoms with Crippen LogP contribution in [0, 0.1) is 0 Å². The third-order valence-electron chi connectivity index (χ3n) is 2.00. The molecule has 4 heteroatoms. The predicted octanol–water partition coefficient (Wildman–Crippen LogP) is 3.01. The largest absolute Gasteiger partial charge is 0.478 e. The Kier molecular flexibility index (Phi) is 8.97. The van der Waals surface area contributed by atoms with Gasteiger partial charge in [0.1, 0.15) is 0 Å². The van der Waals surface area contributed by atoms with Crippen LogP contribution in [-0.2, 0) is 4.79 Å². The van der Waals surface area contributed by atoms with Crippen molar-refractivity contribution in [3.05, 3.63) is 30.4 Å². The number of H-pyrrole nitrogens is 1. The summed E-state index contributed by atoms with van der Waals surface area (Å²) in [7, 11) is 0. The van der Waals surface area contributed by atoms with Gasteiger partial charge in [-0.1, -0.05) is 25.8 Å². The molecule has 1 heterocycles. The lowest BCUT2D eigenvalue weighted by Crippen LogP contribution is -1.95. The second kappa shape index (κ2) is 9.96. The molecule has 0 atom stereocenters. The fraction of sp³-hybridized carbons (Fsp3) is 0.500. The maximum Gasteiger partial charge on any atom is 0.330 e. The average molecular weight is 224 g/mol. The molecule has 0 aliphatic rings. The zero-order valence-corrected chi connectivity index (χ0v) is 9.94. The number of carboxylic acid groups (broad SMARTS) is 1. The van der Waals surface area contributed by atoms with Crippen molar-refractivity contribution >= 4 is 5.97 Å². The molecule has 0 saturated carbocycles. The highest BCUT2D eigenvalue weighted by atomic mass is 16.4. The molecular weight excluding hydrogens is 204 g/mol.